The van der Waals surface area contributed by atoms with Crippen LogP contribution >= 0.6 is 7.82 Å². The molecular weight excluding hydrogens is 744 g/mol. The SMILES string of the molecule is O=P(Oc1ccc(C2CCCCC2)cc1C1CCCCC1)(Oc1ccc(C2CCCCC2)cc1C1CCCCC1)Oc1ccc(C2CCCCC2)cc1C1CCCCC1. The van der Waals surface area contributed by atoms with Gasteiger partial charge in [-0.3, -0.25) is 0 Å². The molecule has 0 radical (unpaired) electrons. The predicted octanol–water partition coefficient (Wildman–Crippen LogP) is 17.6. The number of rotatable bonds is 12. The summed E-state index contributed by atoms with van der Waals surface area (Å²) >= 11 is 0. The van der Waals surface area contributed by atoms with E-state index in [2.05, 4.69) is 54.6 Å². The van der Waals surface area contributed by atoms with Gasteiger partial charge in [0.25, 0.3) is 0 Å². The minimum absolute atomic E-state index is 0.399. The third-order valence-corrected chi connectivity index (χ3v) is 17.4. The van der Waals surface area contributed by atoms with Crippen molar-refractivity contribution in [1.82, 2.24) is 0 Å². The van der Waals surface area contributed by atoms with Crippen LogP contribution in [0.5, 0.6) is 17.2 Å². The van der Waals surface area contributed by atoms with Gasteiger partial charge in [0.05, 0.1) is 0 Å². The summed E-state index contributed by atoms with van der Waals surface area (Å²) in [4.78, 5) is 0. The van der Waals surface area contributed by atoms with Crippen molar-refractivity contribution in [3.8, 4) is 17.2 Å². The third kappa shape index (κ3) is 10.3. The Morgan fingerprint density at radius 1 is 0.305 bits per heavy atom. The predicted molar refractivity (Wildman–Crippen MR) is 244 cm³/mol. The van der Waals surface area contributed by atoms with E-state index in [9.17, 15) is 0 Å². The van der Waals surface area contributed by atoms with Crippen LogP contribution < -0.4 is 13.6 Å². The van der Waals surface area contributed by atoms with Gasteiger partial charge in [0, 0.05) is 0 Å². The van der Waals surface area contributed by atoms with E-state index in [1.54, 1.807) is 0 Å². The molecule has 0 N–H and O–H groups in total. The van der Waals surface area contributed by atoms with E-state index in [0.717, 1.165) is 38.5 Å². The van der Waals surface area contributed by atoms with Crippen LogP contribution in [0.3, 0.4) is 0 Å². The van der Waals surface area contributed by atoms with Crippen LogP contribution in [-0.4, -0.2) is 0 Å². The lowest BCUT2D eigenvalue weighted by molar-refractivity contribution is 0.290. The van der Waals surface area contributed by atoms with E-state index >= 15 is 4.57 Å². The van der Waals surface area contributed by atoms with Gasteiger partial charge in [0.2, 0.25) is 0 Å². The van der Waals surface area contributed by atoms with E-state index in [-0.39, 0.29) is 0 Å². The highest BCUT2D eigenvalue weighted by Gasteiger charge is 2.39. The summed E-state index contributed by atoms with van der Waals surface area (Å²) in [6.45, 7) is 0. The van der Waals surface area contributed by atoms with Gasteiger partial charge in [-0.25, -0.2) is 0 Å². The normalized spacial score (nSPS) is 22.9. The third-order valence-electron chi connectivity index (χ3n) is 16.1. The average molecular weight is 819 g/mol. The molecule has 0 bridgehead atoms. The largest absolute Gasteiger partial charge is 0.647 e. The fourth-order valence-corrected chi connectivity index (χ4v) is 14.0. The summed E-state index contributed by atoms with van der Waals surface area (Å²) in [7, 11) is -4.26. The van der Waals surface area contributed by atoms with Gasteiger partial charge >= 0.3 is 7.82 Å². The van der Waals surface area contributed by atoms with Crippen LogP contribution in [0.2, 0.25) is 0 Å². The first-order valence-corrected chi connectivity index (χ1v) is 26.6. The van der Waals surface area contributed by atoms with Gasteiger partial charge in [0.1, 0.15) is 17.2 Å². The molecule has 3 aromatic carbocycles. The number of hydrogen-bond acceptors (Lipinski definition) is 4. The first-order valence-electron chi connectivity index (χ1n) is 25.2. The molecule has 6 aliphatic rings. The second-order valence-corrected chi connectivity index (χ2v) is 21.6. The molecule has 6 aliphatic carbocycles. The molecule has 0 aromatic heterocycles. The van der Waals surface area contributed by atoms with Gasteiger partial charge in [-0.05, 0) is 164 Å². The highest BCUT2D eigenvalue weighted by atomic mass is 31.2. The minimum atomic E-state index is -4.26. The Kier molecular flexibility index (Phi) is 14.1. The monoisotopic (exact) mass is 819 g/mol. The Morgan fingerprint density at radius 3 is 0.763 bits per heavy atom. The fourth-order valence-electron chi connectivity index (χ4n) is 12.6. The molecule has 0 heterocycles. The quantitative estimate of drug-likeness (QED) is 0.171. The Bertz CT molecular complexity index is 1630. The van der Waals surface area contributed by atoms with Gasteiger partial charge < -0.3 is 13.6 Å². The Hall–Kier alpha value is -2.71. The smallest absolute Gasteiger partial charge is 0.386 e. The zero-order valence-electron chi connectivity index (χ0n) is 36.5. The second-order valence-electron chi connectivity index (χ2n) is 20.1. The molecule has 4 nitrogen and oxygen atoms in total. The summed E-state index contributed by atoms with van der Waals surface area (Å²) in [5.41, 5.74) is 7.97. The highest BCUT2D eigenvalue weighted by molar-refractivity contribution is 7.49. The van der Waals surface area contributed by atoms with E-state index in [0.29, 0.717) is 52.8 Å². The van der Waals surface area contributed by atoms with Gasteiger partial charge in [0.15, 0.2) is 0 Å². The summed E-state index contributed by atoms with van der Waals surface area (Å²) in [6, 6.07) is 20.6. The molecule has 0 amide bonds. The van der Waals surface area contributed by atoms with E-state index < -0.39 is 7.82 Å². The Balaban J connectivity index is 1.12. The van der Waals surface area contributed by atoms with Crippen molar-refractivity contribution >= 4 is 7.82 Å². The molecule has 320 valence electrons. The van der Waals surface area contributed by atoms with Crippen molar-refractivity contribution in [2.75, 3.05) is 0 Å². The summed E-state index contributed by atoms with van der Waals surface area (Å²) in [6.07, 6.45) is 37.7. The first kappa shape index (κ1) is 41.6. The first-order chi connectivity index (χ1) is 29.1. The molecule has 0 spiro atoms. The van der Waals surface area contributed by atoms with Crippen LogP contribution in [0.25, 0.3) is 0 Å². The zero-order valence-corrected chi connectivity index (χ0v) is 37.3. The molecule has 0 unspecified atom stereocenters. The highest BCUT2D eigenvalue weighted by Crippen LogP contribution is 2.56. The maximum absolute atomic E-state index is 16.1. The van der Waals surface area contributed by atoms with Crippen molar-refractivity contribution in [1.29, 1.82) is 0 Å². The average Bonchev–Trinajstić information content (AvgIpc) is 3.31. The van der Waals surface area contributed by atoms with Gasteiger partial charge in [-0.2, -0.15) is 4.57 Å². The molecule has 3 aromatic rings. The van der Waals surface area contributed by atoms with Crippen molar-refractivity contribution in [3.05, 3.63) is 88.0 Å². The maximum atomic E-state index is 16.1. The lowest BCUT2D eigenvalue weighted by Gasteiger charge is -2.31. The number of phosphoric acid groups is 1. The van der Waals surface area contributed by atoms with E-state index in [1.165, 1.54) is 187 Å². The zero-order chi connectivity index (χ0) is 39.9. The molecule has 9 rings (SSSR count). The van der Waals surface area contributed by atoms with Crippen LogP contribution in [0, 0.1) is 0 Å². The van der Waals surface area contributed by atoms with Crippen LogP contribution in [0.1, 0.15) is 262 Å². The van der Waals surface area contributed by atoms with Gasteiger partial charge in [-0.1, -0.05) is 152 Å². The molecule has 0 atom stereocenters. The molecule has 6 saturated carbocycles. The van der Waals surface area contributed by atoms with E-state index in [4.69, 9.17) is 13.6 Å². The van der Waals surface area contributed by atoms with Crippen LogP contribution in [0.15, 0.2) is 54.6 Å². The summed E-state index contributed by atoms with van der Waals surface area (Å²) < 4.78 is 37.2. The van der Waals surface area contributed by atoms with Crippen LogP contribution in [-0.2, 0) is 4.57 Å². The minimum Gasteiger partial charge on any atom is -0.386 e. The van der Waals surface area contributed by atoms with Crippen molar-refractivity contribution in [2.24, 2.45) is 0 Å². The molecule has 5 heteroatoms. The van der Waals surface area contributed by atoms with Crippen molar-refractivity contribution in [3.63, 3.8) is 0 Å². The molecule has 6 fully saturated rings. The van der Waals surface area contributed by atoms with Gasteiger partial charge in [-0.15, -0.1) is 0 Å². The summed E-state index contributed by atoms with van der Waals surface area (Å²) in [5.74, 6) is 5.10. The van der Waals surface area contributed by atoms with E-state index in [1.807, 2.05) is 0 Å². The Morgan fingerprint density at radius 2 is 0.525 bits per heavy atom. The maximum Gasteiger partial charge on any atom is 0.647 e. The second kappa shape index (κ2) is 20.0. The standard InChI is InChI=1S/C54H75O4P/c55-59(56-52-34-31-46(40-19-7-1-8-20-40)37-49(52)43-25-13-4-14-26-43,57-53-35-32-47(41-21-9-2-10-22-41)38-50(53)44-27-15-5-16-28-44)58-54-36-33-48(42-23-11-3-12-24-42)39-51(54)45-29-17-6-18-30-45/h31-45H,1-30H2. The number of benzene rings is 3. The number of phosphoric ester groups is 1. The lowest BCUT2D eigenvalue weighted by atomic mass is 9.79. The summed E-state index contributed by atoms with van der Waals surface area (Å²) in [5, 5.41) is 0. The molecule has 0 saturated heterocycles. The molecular formula is C54H75O4P. The van der Waals surface area contributed by atoms with Crippen molar-refractivity contribution < 1.29 is 18.1 Å². The lowest BCUT2D eigenvalue weighted by Crippen LogP contribution is -2.15. The molecule has 0 aliphatic heterocycles. The Labute approximate surface area is 358 Å². The molecule has 59 heavy (non-hydrogen) atoms. The van der Waals surface area contributed by atoms with Crippen LogP contribution in [0.4, 0.5) is 0 Å². The topological polar surface area (TPSA) is 44.8 Å². The number of hydrogen-bond donors (Lipinski definition) is 0. The van der Waals surface area contributed by atoms with Crippen molar-refractivity contribution in [2.45, 2.75) is 228 Å². The fraction of sp³-hybridized carbons (Fsp3) is 0.667.